The van der Waals surface area contributed by atoms with Gasteiger partial charge in [-0.15, -0.1) is 0 Å². The van der Waals surface area contributed by atoms with Gasteiger partial charge in [-0.05, 0) is 44.6 Å². The Morgan fingerprint density at radius 3 is 2.06 bits per heavy atom. The van der Waals surface area contributed by atoms with Crippen molar-refractivity contribution in [2.24, 2.45) is 0 Å². The lowest BCUT2D eigenvalue weighted by Gasteiger charge is -2.27. The highest BCUT2D eigenvalue weighted by molar-refractivity contribution is 5.12. The van der Waals surface area contributed by atoms with Crippen molar-refractivity contribution in [2.45, 2.75) is 90.1 Å². The molecule has 2 rings (SSSR count). The van der Waals surface area contributed by atoms with E-state index in [-0.39, 0.29) is 0 Å². The highest BCUT2D eigenvalue weighted by Gasteiger charge is 2.18. The van der Waals surface area contributed by atoms with Gasteiger partial charge in [-0.25, -0.2) is 0 Å². The summed E-state index contributed by atoms with van der Waals surface area (Å²) in [5.74, 6) is 1.38. The van der Waals surface area contributed by atoms with Gasteiger partial charge in [0.15, 0.2) is 0 Å². The molecule has 0 aromatic heterocycles. The third kappa shape index (κ3) is 4.37. The molecule has 1 aliphatic carbocycles. The van der Waals surface area contributed by atoms with Crippen molar-refractivity contribution < 1.29 is 4.74 Å². The molecule has 0 aromatic rings. The maximum absolute atomic E-state index is 6.07. The van der Waals surface area contributed by atoms with Gasteiger partial charge in [-0.3, -0.25) is 0 Å². The van der Waals surface area contributed by atoms with Crippen molar-refractivity contribution in [3.8, 4) is 0 Å². The SMILES string of the molecule is CC1CCC2=C(CCCCCCCCCC2)O1. The molecule has 1 heterocycles. The molecule has 1 unspecified atom stereocenters. The molecule has 1 nitrogen and oxygen atoms in total. The zero-order chi connectivity index (χ0) is 11.9. The Hall–Kier alpha value is -0.460. The average Bonchev–Trinajstić information content (AvgIpc) is 2.31. The summed E-state index contributed by atoms with van der Waals surface area (Å²) in [5.41, 5.74) is 1.66. The standard InChI is InChI=1S/C16H28O/c1-14-12-13-15-10-8-6-4-2-3-5-7-9-11-16(15)17-14/h14H,2-13H2,1H3. The van der Waals surface area contributed by atoms with E-state index in [9.17, 15) is 0 Å². The van der Waals surface area contributed by atoms with Crippen LogP contribution in [-0.4, -0.2) is 6.10 Å². The highest BCUT2D eigenvalue weighted by Crippen LogP contribution is 2.31. The first kappa shape index (κ1) is 13.0. The molecule has 98 valence electrons. The van der Waals surface area contributed by atoms with Crippen molar-refractivity contribution in [1.82, 2.24) is 0 Å². The molecule has 0 spiro atoms. The van der Waals surface area contributed by atoms with E-state index in [1.165, 1.54) is 82.8 Å². The second-order valence-corrected chi connectivity index (χ2v) is 5.82. The summed E-state index contributed by atoms with van der Waals surface area (Å²) in [6.45, 7) is 2.22. The zero-order valence-corrected chi connectivity index (χ0v) is 11.5. The Bertz CT molecular complexity index is 254. The molecule has 17 heavy (non-hydrogen) atoms. The topological polar surface area (TPSA) is 9.23 Å². The minimum absolute atomic E-state index is 0.460. The van der Waals surface area contributed by atoms with Crippen LogP contribution in [0.3, 0.4) is 0 Å². The third-order valence-corrected chi connectivity index (χ3v) is 4.22. The van der Waals surface area contributed by atoms with Crippen LogP contribution in [0.5, 0.6) is 0 Å². The normalized spacial score (nSPS) is 28.6. The summed E-state index contributed by atoms with van der Waals surface area (Å²) in [6, 6.07) is 0. The molecule has 1 heteroatoms. The lowest BCUT2D eigenvalue weighted by atomic mass is 9.94. The van der Waals surface area contributed by atoms with Gasteiger partial charge in [-0.1, -0.05) is 38.5 Å². The van der Waals surface area contributed by atoms with E-state index in [1.807, 2.05) is 0 Å². The largest absolute Gasteiger partial charge is 0.495 e. The molecule has 1 atom stereocenters. The fourth-order valence-corrected chi connectivity index (χ4v) is 3.09. The molecule has 0 fully saturated rings. The smallest absolute Gasteiger partial charge is 0.0957 e. The first-order chi connectivity index (χ1) is 8.36. The number of rotatable bonds is 0. The van der Waals surface area contributed by atoms with Gasteiger partial charge in [0.2, 0.25) is 0 Å². The second-order valence-electron chi connectivity index (χ2n) is 5.82. The van der Waals surface area contributed by atoms with Crippen LogP contribution in [-0.2, 0) is 4.74 Å². The lowest BCUT2D eigenvalue weighted by molar-refractivity contribution is 0.0960. The van der Waals surface area contributed by atoms with Crippen LogP contribution in [0.25, 0.3) is 0 Å². The fourth-order valence-electron chi connectivity index (χ4n) is 3.09. The van der Waals surface area contributed by atoms with E-state index in [4.69, 9.17) is 4.74 Å². The van der Waals surface area contributed by atoms with Crippen LogP contribution in [0, 0.1) is 0 Å². The summed E-state index contributed by atoms with van der Waals surface area (Å²) in [7, 11) is 0. The minimum atomic E-state index is 0.460. The van der Waals surface area contributed by atoms with Gasteiger partial charge in [0.25, 0.3) is 0 Å². The molecule has 0 bridgehead atoms. The minimum Gasteiger partial charge on any atom is -0.495 e. The molecule has 0 amide bonds. The predicted molar refractivity (Wildman–Crippen MR) is 73.0 cm³/mol. The molecule has 0 aromatic carbocycles. The van der Waals surface area contributed by atoms with Crippen molar-refractivity contribution in [3.05, 3.63) is 11.3 Å². The highest BCUT2D eigenvalue weighted by atomic mass is 16.5. The molecule has 2 aliphatic rings. The molecular formula is C16H28O. The van der Waals surface area contributed by atoms with Gasteiger partial charge in [0, 0.05) is 6.42 Å². The number of ether oxygens (including phenoxy) is 1. The summed E-state index contributed by atoms with van der Waals surface area (Å²) in [5, 5.41) is 0. The number of hydrogen-bond donors (Lipinski definition) is 0. The average molecular weight is 236 g/mol. The summed E-state index contributed by atoms with van der Waals surface area (Å²) < 4.78 is 6.07. The maximum atomic E-state index is 6.07. The number of hydrogen-bond acceptors (Lipinski definition) is 1. The van der Waals surface area contributed by atoms with Crippen LogP contribution in [0.4, 0.5) is 0 Å². The Kier molecular flexibility index (Phi) is 5.41. The van der Waals surface area contributed by atoms with Crippen LogP contribution < -0.4 is 0 Å². The first-order valence-corrected chi connectivity index (χ1v) is 7.74. The Morgan fingerprint density at radius 1 is 0.765 bits per heavy atom. The van der Waals surface area contributed by atoms with E-state index in [0.29, 0.717) is 6.10 Å². The molecule has 0 radical (unpaired) electrons. The zero-order valence-electron chi connectivity index (χ0n) is 11.5. The fraction of sp³-hybridized carbons (Fsp3) is 0.875. The van der Waals surface area contributed by atoms with Crippen LogP contribution >= 0.6 is 0 Å². The van der Waals surface area contributed by atoms with E-state index < -0.39 is 0 Å². The van der Waals surface area contributed by atoms with Crippen molar-refractivity contribution in [3.63, 3.8) is 0 Å². The molecule has 1 aliphatic heterocycles. The Labute approximate surface area is 107 Å². The van der Waals surface area contributed by atoms with Crippen molar-refractivity contribution in [2.75, 3.05) is 0 Å². The van der Waals surface area contributed by atoms with Gasteiger partial charge >= 0.3 is 0 Å². The van der Waals surface area contributed by atoms with E-state index in [2.05, 4.69) is 6.92 Å². The van der Waals surface area contributed by atoms with Gasteiger partial charge < -0.3 is 4.74 Å². The first-order valence-electron chi connectivity index (χ1n) is 7.74. The third-order valence-electron chi connectivity index (χ3n) is 4.22. The molecule has 0 saturated carbocycles. The lowest BCUT2D eigenvalue weighted by Crippen LogP contribution is -2.16. The van der Waals surface area contributed by atoms with Gasteiger partial charge in [0.1, 0.15) is 0 Å². The van der Waals surface area contributed by atoms with Crippen molar-refractivity contribution >= 4 is 0 Å². The Balaban J connectivity index is 1.94. The van der Waals surface area contributed by atoms with E-state index >= 15 is 0 Å². The van der Waals surface area contributed by atoms with Crippen LogP contribution in [0.2, 0.25) is 0 Å². The van der Waals surface area contributed by atoms with E-state index in [0.717, 1.165) is 0 Å². The molecule has 0 saturated heterocycles. The van der Waals surface area contributed by atoms with Gasteiger partial charge in [-0.2, -0.15) is 0 Å². The maximum Gasteiger partial charge on any atom is 0.0957 e. The predicted octanol–water partition coefficient (Wildman–Crippen LogP) is 5.35. The molecule has 0 N–H and O–H groups in total. The summed E-state index contributed by atoms with van der Waals surface area (Å²) in [6.07, 6.45) is 16.8. The van der Waals surface area contributed by atoms with Crippen LogP contribution in [0.15, 0.2) is 11.3 Å². The van der Waals surface area contributed by atoms with Crippen LogP contribution in [0.1, 0.15) is 84.0 Å². The molecular weight excluding hydrogens is 208 g/mol. The summed E-state index contributed by atoms with van der Waals surface area (Å²) >= 11 is 0. The summed E-state index contributed by atoms with van der Waals surface area (Å²) in [4.78, 5) is 0. The van der Waals surface area contributed by atoms with E-state index in [1.54, 1.807) is 5.57 Å². The van der Waals surface area contributed by atoms with Gasteiger partial charge in [0.05, 0.1) is 11.9 Å². The number of allylic oxidation sites excluding steroid dienone is 2. The quantitative estimate of drug-likeness (QED) is 0.550. The Morgan fingerprint density at radius 2 is 1.35 bits per heavy atom. The van der Waals surface area contributed by atoms with Crippen molar-refractivity contribution in [1.29, 1.82) is 0 Å². The monoisotopic (exact) mass is 236 g/mol. The second kappa shape index (κ2) is 7.08.